The van der Waals surface area contributed by atoms with Crippen LogP contribution in [0.4, 0.5) is 0 Å². The second kappa shape index (κ2) is 11.6. The largest absolute Gasteiger partial charge is 0.375 e. The highest BCUT2D eigenvalue weighted by Gasteiger charge is 2.16. The summed E-state index contributed by atoms with van der Waals surface area (Å²) in [6, 6.07) is 10.2. The van der Waals surface area contributed by atoms with E-state index >= 15 is 0 Å². The molecule has 1 N–H and O–H groups in total. The van der Waals surface area contributed by atoms with E-state index in [4.69, 9.17) is 9.84 Å². The molecule has 0 bridgehead atoms. The Balaban J connectivity index is 0.00000341. The molecule has 31 heavy (non-hydrogen) atoms. The quantitative estimate of drug-likeness (QED) is 0.265. The summed E-state index contributed by atoms with van der Waals surface area (Å²) in [6.45, 7) is 7.49. The highest BCUT2D eigenvalue weighted by atomic mass is 127. The molecule has 2 heterocycles. The summed E-state index contributed by atoms with van der Waals surface area (Å²) in [5.74, 6) is 0.815. The molecular formula is C22H31IN6OS. The lowest BCUT2D eigenvalue weighted by Gasteiger charge is -2.21. The molecule has 9 heteroatoms. The number of aromatic nitrogens is 3. The summed E-state index contributed by atoms with van der Waals surface area (Å²) in [6.07, 6.45) is 0.0126. The van der Waals surface area contributed by atoms with Gasteiger partial charge in [0.25, 0.3) is 0 Å². The number of methoxy groups -OCH3 is 1. The van der Waals surface area contributed by atoms with Crippen molar-refractivity contribution in [2.75, 3.05) is 21.2 Å². The number of hydrogen-bond donors (Lipinski definition) is 1. The molecule has 0 aliphatic carbocycles. The number of halogens is 1. The van der Waals surface area contributed by atoms with Gasteiger partial charge in [-0.25, -0.2) is 9.67 Å². The molecule has 7 nitrogen and oxygen atoms in total. The van der Waals surface area contributed by atoms with Gasteiger partial charge in [-0.05, 0) is 32.9 Å². The number of para-hydroxylation sites is 1. The number of aryl methyl sites for hydroxylation is 1. The first-order valence-corrected chi connectivity index (χ1v) is 10.8. The van der Waals surface area contributed by atoms with Crippen LogP contribution in [0.25, 0.3) is 5.69 Å². The van der Waals surface area contributed by atoms with E-state index in [1.165, 1.54) is 5.56 Å². The molecule has 3 aromatic rings. The van der Waals surface area contributed by atoms with Crippen LogP contribution in [0.2, 0.25) is 0 Å². The molecule has 1 atom stereocenters. The van der Waals surface area contributed by atoms with Gasteiger partial charge in [0, 0.05) is 44.4 Å². The number of aliphatic imine (C=N–C) groups is 1. The molecule has 0 amide bonds. The lowest BCUT2D eigenvalue weighted by Crippen LogP contribution is -2.38. The molecule has 2 aromatic heterocycles. The van der Waals surface area contributed by atoms with Crippen molar-refractivity contribution in [1.82, 2.24) is 25.0 Å². The predicted molar refractivity (Wildman–Crippen MR) is 138 cm³/mol. The third kappa shape index (κ3) is 6.05. The van der Waals surface area contributed by atoms with Crippen LogP contribution in [0.1, 0.15) is 40.7 Å². The van der Waals surface area contributed by atoms with Gasteiger partial charge in [0.2, 0.25) is 0 Å². The molecule has 1 unspecified atom stereocenters. The van der Waals surface area contributed by atoms with Gasteiger partial charge in [-0.1, -0.05) is 18.2 Å². The van der Waals surface area contributed by atoms with E-state index < -0.39 is 0 Å². The Morgan fingerprint density at radius 2 is 2.00 bits per heavy atom. The Labute approximate surface area is 205 Å². The number of nitrogens with zero attached hydrogens (tertiary/aromatic N) is 5. The van der Waals surface area contributed by atoms with Crippen molar-refractivity contribution in [2.24, 2.45) is 4.99 Å². The molecule has 0 radical (unpaired) electrons. The Morgan fingerprint density at radius 1 is 1.29 bits per heavy atom. The zero-order chi connectivity index (χ0) is 21.7. The summed E-state index contributed by atoms with van der Waals surface area (Å²) in [7, 11) is 5.51. The van der Waals surface area contributed by atoms with E-state index in [9.17, 15) is 0 Å². The Morgan fingerprint density at radius 3 is 2.65 bits per heavy atom. The Bertz CT molecular complexity index is 1000. The molecular weight excluding hydrogens is 523 g/mol. The maximum atomic E-state index is 5.36. The van der Waals surface area contributed by atoms with Gasteiger partial charge in [0.1, 0.15) is 11.1 Å². The standard InChI is InChI=1S/C22H30N6OS.HI/c1-15-20(16(2)28(26-15)19-10-8-7-9-11-19)12-24-22(23-4)27(5)13-18-14-30-21(25-18)17(3)29-6;/h7-11,14,17H,12-13H2,1-6H3,(H,23,24);1H. The molecule has 0 spiro atoms. The second-order valence-corrected chi connectivity index (χ2v) is 8.10. The number of benzene rings is 1. The predicted octanol–water partition coefficient (Wildman–Crippen LogP) is 4.48. The molecule has 0 aliphatic heterocycles. The van der Waals surface area contributed by atoms with Crippen molar-refractivity contribution >= 4 is 41.3 Å². The fraction of sp³-hybridized carbons (Fsp3) is 0.409. The highest BCUT2D eigenvalue weighted by molar-refractivity contribution is 14.0. The van der Waals surface area contributed by atoms with Crippen LogP contribution in [-0.2, 0) is 17.8 Å². The topological polar surface area (TPSA) is 67.6 Å². The van der Waals surface area contributed by atoms with Crippen LogP contribution in [0.15, 0.2) is 40.7 Å². The zero-order valence-corrected chi connectivity index (χ0v) is 22.1. The van der Waals surface area contributed by atoms with Crippen molar-refractivity contribution in [3.63, 3.8) is 0 Å². The lowest BCUT2D eigenvalue weighted by atomic mass is 10.2. The highest BCUT2D eigenvalue weighted by Crippen LogP contribution is 2.21. The van der Waals surface area contributed by atoms with Crippen molar-refractivity contribution in [3.8, 4) is 5.69 Å². The molecule has 1 aromatic carbocycles. The number of guanidine groups is 1. The summed E-state index contributed by atoms with van der Waals surface area (Å²) < 4.78 is 7.35. The normalized spacial score (nSPS) is 12.4. The van der Waals surface area contributed by atoms with Gasteiger partial charge in [-0.3, -0.25) is 4.99 Å². The van der Waals surface area contributed by atoms with Gasteiger partial charge in [0.15, 0.2) is 5.96 Å². The molecule has 0 fully saturated rings. The van der Waals surface area contributed by atoms with Gasteiger partial charge in [-0.2, -0.15) is 5.10 Å². The minimum absolute atomic E-state index is 0. The molecule has 0 saturated carbocycles. The summed E-state index contributed by atoms with van der Waals surface area (Å²) in [5.41, 5.74) is 5.39. The van der Waals surface area contributed by atoms with Crippen molar-refractivity contribution < 1.29 is 4.74 Å². The number of thiazole rings is 1. The number of nitrogens with one attached hydrogen (secondary N) is 1. The van der Waals surface area contributed by atoms with Gasteiger partial charge in [0.05, 0.1) is 23.6 Å². The molecule has 0 saturated heterocycles. The number of hydrogen-bond acceptors (Lipinski definition) is 5. The fourth-order valence-electron chi connectivity index (χ4n) is 3.30. The first-order chi connectivity index (χ1) is 14.4. The van der Waals surface area contributed by atoms with E-state index in [1.54, 1.807) is 25.5 Å². The van der Waals surface area contributed by atoms with Crippen molar-refractivity contribution in [3.05, 3.63) is 63.4 Å². The maximum Gasteiger partial charge on any atom is 0.194 e. The summed E-state index contributed by atoms with van der Waals surface area (Å²) in [5, 5.41) is 11.3. The maximum absolute atomic E-state index is 5.36. The average molecular weight is 555 g/mol. The minimum atomic E-state index is 0. The van der Waals surface area contributed by atoms with Crippen LogP contribution in [0.5, 0.6) is 0 Å². The summed E-state index contributed by atoms with van der Waals surface area (Å²) in [4.78, 5) is 11.2. The van der Waals surface area contributed by atoms with Crippen LogP contribution < -0.4 is 5.32 Å². The molecule has 3 rings (SSSR count). The fourth-order valence-corrected chi connectivity index (χ4v) is 4.15. The van der Waals surface area contributed by atoms with Crippen LogP contribution >= 0.6 is 35.3 Å². The zero-order valence-electron chi connectivity index (χ0n) is 18.9. The average Bonchev–Trinajstić information content (AvgIpc) is 3.33. The van der Waals surface area contributed by atoms with E-state index in [1.807, 2.05) is 43.8 Å². The monoisotopic (exact) mass is 554 g/mol. The first-order valence-electron chi connectivity index (χ1n) is 9.94. The van der Waals surface area contributed by atoms with Gasteiger partial charge >= 0.3 is 0 Å². The van der Waals surface area contributed by atoms with E-state index in [0.717, 1.165) is 33.7 Å². The third-order valence-corrected chi connectivity index (χ3v) is 6.16. The number of rotatable bonds is 7. The van der Waals surface area contributed by atoms with Crippen molar-refractivity contribution in [2.45, 2.75) is 40.0 Å². The Kier molecular flexibility index (Phi) is 9.45. The third-order valence-electron chi connectivity index (χ3n) is 5.11. The second-order valence-electron chi connectivity index (χ2n) is 7.21. The molecule has 168 valence electrons. The molecule has 0 aliphatic rings. The van der Waals surface area contributed by atoms with Crippen LogP contribution in [0.3, 0.4) is 0 Å². The summed E-state index contributed by atoms with van der Waals surface area (Å²) >= 11 is 1.62. The van der Waals surface area contributed by atoms with Gasteiger partial charge in [-0.15, -0.1) is 35.3 Å². The van der Waals surface area contributed by atoms with E-state index in [-0.39, 0.29) is 30.1 Å². The Hall–Kier alpha value is -1.98. The number of ether oxygens (including phenoxy) is 1. The van der Waals surface area contributed by atoms with E-state index in [0.29, 0.717) is 13.1 Å². The van der Waals surface area contributed by atoms with Crippen molar-refractivity contribution in [1.29, 1.82) is 0 Å². The van der Waals surface area contributed by atoms with Crippen LogP contribution in [0, 0.1) is 13.8 Å². The smallest absolute Gasteiger partial charge is 0.194 e. The lowest BCUT2D eigenvalue weighted by molar-refractivity contribution is 0.119. The SMILES string of the molecule is CN=C(NCc1c(C)nn(-c2ccccc2)c1C)N(C)Cc1csc(C(C)OC)n1.I. The van der Waals surface area contributed by atoms with Gasteiger partial charge < -0.3 is 15.0 Å². The first kappa shape index (κ1) is 25.3. The van der Waals surface area contributed by atoms with Crippen LogP contribution in [-0.4, -0.2) is 46.8 Å². The van der Waals surface area contributed by atoms with E-state index in [2.05, 4.69) is 44.6 Å². The minimum Gasteiger partial charge on any atom is -0.375 e.